The Hall–Kier alpha value is 0.410. The van der Waals surface area contributed by atoms with E-state index in [9.17, 15) is 0 Å². The van der Waals surface area contributed by atoms with Crippen LogP contribution in [-0.4, -0.2) is 0 Å². The summed E-state index contributed by atoms with van der Waals surface area (Å²) in [5.41, 5.74) is 1.59. The number of hydrogen-bond acceptors (Lipinski definition) is 0. The van der Waals surface area contributed by atoms with Crippen molar-refractivity contribution in [2.24, 2.45) is 0 Å². The molecule has 0 aromatic heterocycles. The maximum absolute atomic E-state index is 2.56. The van der Waals surface area contributed by atoms with Gasteiger partial charge in [0, 0.05) is 0 Å². The molecule has 1 atom stereocenters. The maximum atomic E-state index is 2.56. The molecule has 2 aliphatic carbocycles. The molecule has 98 valence electrons. The monoisotopic (exact) mass is 450 g/mol. The Labute approximate surface area is 135 Å². The molecular weight excluding hydrogens is 430 g/mol. The SMILES string of the molecule is CCCCC1=C[C](C)([Hf+2][CH]2C=CC=C2)C=C1.[Cl-].[Cl-]. The molecular formula is C15H20Cl2Hf. The first kappa shape index (κ1) is 18.4. The van der Waals surface area contributed by atoms with Gasteiger partial charge in [0.15, 0.2) is 0 Å². The van der Waals surface area contributed by atoms with Gasteiger partial charge in [-0.05, 0) is 0 Å². The van der Waals surface area contributed by atoms with E-state index in [4.69, 9.17) is 0 Å². The number of unbranched alkanes of at least 4 members (excludes halogenated alkanes) is 1. The minimum Gasteiger partial charge on any atom is -1.00 e. The molecule has 0 aromatic rings. The van der Waals surface area contributed by atoms with Crippen molar-refractivity contribution in [3.8, 4) is 0 Å². The summed E-state index contributed by atoms with van der Waals surface area (Å²) in [6.45, 7) is 4.70. The summed E-state index contributed by atoms with van der Waals surface area (Å²) >= 11 is -0.660. The topological polar surface area (TPSA) is 0 Å². The van der Waals surface area contributed by atoms with Crippen LogP contribution in [0.4, 0.5) is 0 Å². The quantitative estimate of drug-likeness (QED) is 0.466. The second-order valence-corrected chi connectivity index (χ2v) is 12.2. The average molecular weight is 450 g/mol. The predicted octanol–water partition coefficient (Wildman–Crippen LogP) is -1.14. The summed E-state index contributed by atoms with van der Waals surface area (Å²) in [4.78, 5) is 0. The van der Waals surface area contributed by atoms with Crippen LogP contribution in [0.25, 0.3) is 0 Å². The van der Waals surface area contributed by atoms with Crippen molar-refractivity contribution in [3.05, 3.63) is 48.1 Å². The first-order valence-electron chi connectivity index (χ1n) is 6.25. The summed E-state index contributed by atoms with van der Waals surface area (Å²) in [5, 5.41) is 0. The summed E-state index contributed by atoms with van der Waals surface area (Å²) in [5.74, 6) is 0. The molecule has 0 heterocycles. The summed E-state index contributed by atoms with van der Waals surface area (Å²) in [6, 6.07) is 0. The molecule has 18 heavy (non-hydrogen) atoms. The van der Waals surface area contributed by atoms with Crippen LogP contribution < -0.4 is 24.8 Å². The number of allylic oxidation sites excluding steroid dienone is 8. The molecule has 3 heteroatoms. The average Bonchev–Trinajstić information content (AvgIpc) is 2.86. The van der Waals surface area contributed by atoms with Crippen LogP contribution in [0.15, 0.2) is 48.1 Å². The normalized spacial score (nSPS) is 24.4. The van der Waals surface area contributed by atoms with E-state index in [1.54, 1.807) is 5.57 Å². The molecule has 0 N–H and O–H groups in total. The van der Waals surface area contributed by atoms with E-state index >= 15 is 0 Å². The Morgan fingerprint density at radius 2 is 1.89 bits per heavy atom. The van der Waals surface area contributed by atoms with Crippen LogP contribution in [0, 0.1) is 0 Å². The van der Waals surface area contributed by atoms with Gasteiger partial charge in [0.1, 0.15) is 0 Å². The molecule has 0 radical (unpaired) electrons. The fourth-order valence-corrected chi connectivity index (χ4v) is 7.96. The summed E-state index contributed by atoms with van der Waals surface area (Å²) in [7, 11) is 0. The molecule has 0 saturated heterocycles. The smallest absolute Gasteiger partial charge is 1.00 e. The third-order valence-corrected chi connectivity index (χ3v) is 9.11. The van der Waals surface area contributed by atoms with Crippen LogP contribution in [-0.2, 0) is 22.9 Å². The van der Waals surface area contributed by atoms with Gasteiger partial charge in [-0.1, -0.05) is 0 Å². The van der Waals surface area contributed by atoms with Gasteiger partial charge in [0.2, 0.25) is 0 Å². The van der Waals surface area contributed by atoms with Gasteiger partial charge >= 0.3 is 111 Å². The number of halogens is 2. The van der Waals surface area contributed by atoms with Gasteiger partial charge in [0.05, 0.1) is 0 Å². The van der Waals surface area contributed by atoms with Crippen molar-refractivity contribution in [1.82, 2.24) is 0 Å². The largest absolute Gasteiger partial charge is 1.00 e. The van der Waals surface area contributed by atoms with Crippen LogP contribution in [0.2, 0.25) is 6.85 Å². The van der Waals surface area contributed by atoms with Crippen LogP contribution in [0.1, 0.15) is 33.1 Å². The molecule has 0 fully saturated rings. The number of rotatable bonds is 5. The fraction of sp³-hybridized carbons (Fsp3) is 0.467. The molecule has 0 amide bonds. The predicted molar refractivity (Wildman–Crippen MR) is 67.1 cm³/mol. The van der Waals surface area contributed by atoms with Crippen molar-refractivity contribution in [2.75, 3.05) is 0 Å². The van der Waals surface area contributed by atoms with Gasteiger partial charge < -0.3 is 24.8 Å². The van der Waals surface area contributed by atoms with Crippen molar-refractivity contribution in [3.63, 3.8) is 0 Å². The molecule has 1 unspecified atom stereocenters. The first-order chi connectivity index (χ1) is 7.72. The van der Waals surface area contributed by atoms with E-state index in [2.05, 4.69) is 56.4 Å². The Kier molecular flexibility index (Phi) is 8.75. The molecule has 0 saturated carbocycles. The maximum Gasteiger partial charge on any atom is -1.00 e. The van der Waals surface area contributed by atoms with Gasteiger partial charge in [-0.25, -0.2) is 0 Å². The summed E-state index contributed by atoms with van der Waals surface area (Å²) in [6.07, 6.45) is 20.5. The van der Waals surface area contributed by atoms with Gasteiger partial charge in [-0.2, -0.15) is 0 Å². The third-order valence-electron chi connectivity index (χ3n) is 3.17. The zero-order valence-electron chi connectivity index (χ0n) is 11.0. The van der Waals surface area contributed by atoms with Gasteiger partial charge in [-0.15, -0.1) is 0 Å². The van der Waals surface area contributed by atoms with Crippen molar-refractivity contribution >= 4 is 0 Å². The Morgan fingerprint density at radius 1 is 1.22 bits per heavy atom. The van der Waals surface area contributed by atoms with Crippen LogP contribution >= 0.6 is 0 Å². The molecule has 0 spiro atoms. The van der Waals surface area contributed by atoms with E-state index in [1.165, 1.54) is 19.3 Å². The Morgan fingerprint density at radius 3 is 2.50 bits per heavy atom. The van der Waals surface area contributed by atoms with Crippen molar-refractivity contribution in [1.29, 1.82) is 0 Å². The molecule has 0 aliphatic heterocycles. The summed E-state index contributed by atoms with van der Waals surface area (Å²) < 4.78 is 1.31. The second-order valence-electron chi connectivity index (χ2n) is 4.88. The number of hydrogen-bond donors (Lipinski definition) is 0. The molecule has 0 aromatic carbocycles. The fourth-order valence-electron chi connectivity index (χ4n) is 2.27. The Bertz CT molecular complexity index is 357. The standard InChI is InChI=1S/C10H15.C5H5.2ClH.Hf/c1-3-4-5-10-7-6-9(2)8-10;1-2-4-5-3-1;;;/h6-8H,3-5H2,1-2H3;1-5H;2*1H;/q;;;;+2/p-2. The van der Waals surface area contributed by atoms with E-state index in [1.807, 2.05) is 0 Å². The van der Waals surface area contributed by atoms with Crippen molar-refractivity contribution in [2.45, 2.75) is 40.0 Å². The van der Waals surface area contributed by atoms with Gasteiger partial charge in [0.25, 0.3) is 0 Å². The van der Waals surface area contributed by atoms with Crippen molar-refractivity contribution < 1.29 is 47.7 Å². The third kappa shape index (κ3) is 5.19. The molecule has 0 bridgehead atoms. The first-order valence-corrected chi connectivity index (χ1v) is 10.1. The molecule has 2 aliphatic rings. The van der Waals surface area contributed by atoms with E-state index < -0.39 is 22.9 Å². The van der Waals surface area contributed by atoms with Crippen LogP contribution in [0.5, 0.6) is 0 Å². The van der Waals surface area contributed by atoms with Crippen LogP contribution in [0.3, 0.4) is 0 Å². The minimum absolute atomic E-state index is 0. The Balaban J connectivity index is 0.00000144. The zero-order valence-corrected chi connectivity index (χ0v) is 16.1. The van der Waals surface area contributed by atoms with E-state index in [0.29, 0.717) is 3.17 Å². The minimum atomic E-state index is -0.660. The van der Waals surface area contributed by atoms with Gasteiger partial charge in [-0.3, -0.25) is 0 Å². The van der Waals surface area contributed by atoms with E-state index in [0.717, 1.165) is 3.67 Å². The molecule has 2 rings (SSSR count). The second kappa shape index (κ2) is 8.55. The molecule has 0 nitrogen and oxygen atoms in total. The van der Waals surface area contributed by atoms with E-state index in [-0.39, 0.29) is 24.8 Å². The zero-order chi connectivity index (χ0) is 11.4.